The lowest BCUT2D eigenvalue weighted by molar-refractivity contribution is -0.0522. The number of ether oxygens (including phenoxy) is 1. The van der Waals surface area contributed by atoms with Crippen LogP contribution in [0.3, 0.4) is 0 Å². The maximum atomic E-state index is 13.6. The van der Waals surface area contributed by atoms with Crippen molar-refractivity contribution in [3.8, 4) is 5.75 Å². The van der Waals surface area contributed by atoms with Gasteiger partial charge in [-0.1, -0.05) is 0 Å². The third-order valence-electron chi connectivity index (χ3n) is 3.09. The fourth-order valence-electron chi connectivity index (χ4n) is 2.07. The molecule has 118 valence electrons. The second-order valence-corrected chi connectivity index (χ2v) is 6.33. The lowest BCUT2D eigenvalue weighted by Gasteiger charge is -2.23. The van der Waals surface area contributed by atoms with Crippen molar-refractivity contribution in [3.63, 3.8) is 0 Å². The molecule has 0 atom stereocenters. The standard InChI is InChI=1S/C12H15F3N2O3S/c13-10-7-9(1-2-11(10)20-12(14)15)21(18,19)17-8-3-5-16-6-4-8/h1-2,7-8,12,16-17H,3-6H2. The summed E-state index contributed by atoms with van der Waals surface area (Å²) in [5.74, 6) is -1.84. The number of sulfonamides is 1. The van der Waals surface area contributed by atoms with Crippen molar-refractivity contribution >= 4 is 10.0 Å². The highest BCUT2D eigenvalue weighted by atomic mass is 32.2. The van der Waals surface area contributed by atoms with Crippen molar-refractivity contribution in [1.82, 2.24) is 10.0 Å². The minimum Gasteiger partial charge on any atom is -0.432 e. The lowest BCUT2D eigenvalue weighted by Crippen LogP contribution is -2.42. The van der Waals surface area contributed by atoms with E-state index in [4.69, 9.17) is 0 Å². The van der Waals surface area contributed by atoms with Crippen LogP contribution in [0.2, 0.25) is 0 Å². The Balaban J connectivity index is 2.14. The van der Waals surface area contributed by atoms with Gasteiger partial charge in [0.05, 0.1) is 4.90 Å². The van der Waals surface area contributed by atoms with Crippen LogP contribution in [0.25, 0.3) is 0 Å². The van der Waals surface area contributed by atoms with Crippen LogP contribution in [0.4, 0.5) is 13.2 Å². The van der Waals surface area contributed by atoms with Crippen LogP contribution in [0.5, 0.6) is 5.75 Å². The first kappa shape index (κ1) is 16.1. The van der Waals surface area contributed by atoms with Gasteiger partial charge in [0.1, 0.15) is 0 Å². The number of alkyl halides is 2. The molecule has 0 aliphatic carbocycles. The molecular formula is C12H15F3N2O3S. The Morgan fingerprint density at radius 1 is 1.29 bits per heavy atom. The Bertz CT molecular complexity index is 589. The quantitative estimate of drug-likeness (QED) is 0.860. The van der Waals surface area contributed by atoms with E-state index in [9.17, 15) is 21.6 Å². The van der Waals surface area contributed by atoms with Gasteiger partial charge in [0.25, 0.3) is 0 Å². The molecule has 21 heavy (non-hydrogen) atoms. The van der Waals surface area contributed by atoms with Gasteiger partial charge in [-0.15, -0.1) is 0 Å². The molecule has 2 rings (SSSR count). The topological polar surface area (TPSA) is 67.4 Å². The Labute approximate surface area is 120 Å². The maximum Gasteiger partial charge on any atom is 0.387 e. The molecule has 1 aliphatic rings. The van der Waals surface area contributed by atoms with Gasteiger partial charge in [-0.2, -0.15) is 8.78 Å². The van der Waals surface area contributed by atoms with Crippen LogP contribution in [0, 0.1) is 5.82 Å². The number of hydrogen-bond acceptors (Lipinski definition) is 4. The van der Waals surface area contributed by atoms with Gasteiger partial charge in [0.15, 0.2) is 11.6 Å². The fourth-order valence-corrected chi connectivity index (χ4v) is 3.38. The van der Waals surface area contributed by atoms with E-state index < -0.39 is 28.2 Å². The molecule has 0 spiro atoms. The average Bonchev–Trinajstić information content (AvgIpc) is 2.41. The smallest absolute Gasteiger partial charge is 0.387 e. The summed E-state index contributed by atoms with van der Waals surface area (Å²) in [6.07, 6.45) is 1.27. The van der Waals surface area contributed by atoms with Crippen molar-refractivity contribution in [3.05, 3.63) is 24.0 Å². The zero-order valence-corrected chi connectivity index (χ0v) is 11.8. The lowest BCUT2D eigenvalue weighted by atomic mass is 10.1. The summed E-state index contributed by atoms with van der Waals surface area (Å²) in [6, 6.07) is 2.35. The molecule has 1 aliphatic heterocycles. The normalized spacial score (nSPS) is 17.1. The summed E-state index contributed by atoms with van der Waals surface area (Å²) in [5, 5.41) is 3.09. The Hall–Kier alpha value is -1.32. The monoisotopic (exact) mass is 324 g/mol. The summed E-state index contributed by atoms with van der Waals surface area (Å²) in [4.78, 5) is -0.319. The maximum absolute atomic E-state index is 13.6. The van der Waals surface area contributed by atoms with E-state index in [2.05, 4.69) is 14.8 Å². The Morgan fingerprint density at radius 2 is 1.95 bits per heavy atom. The van der Waals surface area contributed by atoms with Gasteiger partial charge < -0.3 is 10.1 Å². The van der Waals surface area contributed by atoms with E-state index in [1.54, 1.807) is 0 Å². The number of rotatable bonds is 5. The third-order valence-corrected chi connectivity index (χ3v) is 4.61. The molecule has 0 radical (unpaired) electrons. The molecule has 5 nitrogen and oxygen atoms in total. The molecular weight excluding hydrogens is 309 g/mol. The van der Waals surface area contributed by atoms with E-state index in [1.165, 1.54) is 0 Å². The number of nitrogens with one attached hydrogen (secondary N) is 2. The molecule has 0 amide bonds. The highest BCUT2D eigenvalue weighted by Crippen LogP contribution is 2.23. The van der Waals surface area contributed by atoms with Crippen molar-refractivity contribution in [2.24, 2.45) is 0 Å². The first-order valence-electron chi connectivity index (χ1n) is 6.36. The number of hydrogen-bond donors (Lipinski definition) is 2. The second kappa shape index (κ2) is 6.63. The SMILES string of the molecule is O=S(=O)(NC1CCNCC1)c1ccc(OC(F)F)c(F)c1. The van der Waals surface area contributed by atoms with Gasteiger partial charge in [-0.05, 0) is 44.1 Å². The van der Waals surface area contributed by atoms with Crippen molar-refractivity contribution < 1.29 is 26.3 Å². The van der Waals surface area contributed by atoms with E-state index in [1.807, 2.05) is 0 Å². The molecule has 1 aromatic rings. The molecule has 0 saturated carbocycles. The highest BCUT2D eigenvalue weighted by Gasteiger charge is 2.23. The highest BCUT2D eigenvalue weighted by molar-refractivity contribution is 7.89. The van der Waals surface area contributed by atoms with Crippen molar-refractivity contribution in [1.29, 1.82) is 0 Å². The van der Waals surface area contributed by atoms with E-state index in [0.717, 1.165) is 12.1 Å². The third kappa shape index (κ3) is 4.32. The molecule has 9 heteroatoms. The molecule has 0 bridgehead atoms. The molecule has 2 N–H and O–H groups in total. The van der Waals surface area contributed by atoms with Gasteiger partial charge in [-0.3, -0.25) is 0 Å². The van der Waals surface area contributed by atoms with E-state index in [-0.39, 0.29) is 10.9 Å². The van der Waals surface area contributed by atoms with Gasteiger partial charge in [0, 0.05) is 6.04 Å². The number of benzene rings is 1. The fraction of sp³-hybridized carbons (Fsp3) is 0.500. The minimum absolute atomic E-state index is 0.226. The van der Waals surface area contributed by atoms with Crippen molar-refractivity contribution in [2.45, 2.75) is 30.4 Å². The Kier molecular flexibility index (Phi) is 5.07. The summed E-state index contributed by atoms with van der Waals surface area (Å²) >= 11 is 0. The van der Waals surface area contributed by atoms with E-state index in [0.29, 0.717) is 32.0 Å². The molecule has 1 heterocycles. The van der Waals surface area contributed by atoms with Crippen LogP contribution in [-0.2, 0) is 10.0 Å². The van der Waals surface area contributed by atoms with Crippen LogP contribution in [-0.4, -0.2) is 34.2 Å². The van der Waals surface area contributed by atoms with Crippen LogP contribution >= 0.6 is 0 Å². The molecule has 0 aromatic heterocycles. The zero-order valence-electron chi connectivity index (χ0n) is 11.0. The first-order chi connectivity index (χ1) is 9.88. The molecule has 1 aromatic carbocycles. The molecule has 0 unspecified atom stereocenters. The number of halogens is 3. The summed E-state index contributed by atoms with van der Waals surface area (Å²) in [5.41, 5.74) is 0. The predicted octanol–water partition coefficient (Wildman–Crippen LogP) is 1.46. The largest absolute Gasteiger partial charge is 0.432 e. The second-order valence-electron chi connectivity index (χ2n) is 4.62. The minimum atomic E-state index is -3.89. The Morgan fingerprint density at radius 3 is 2.52 bits per heavy atom. The summed E-state index contributed by atoms with van der Waals surface area (Å²) in [6.45, 7) is -1.78. The van der Waals surface area contributed by atoms with Gasteiger partial charge in [0.2, 0.25) is 10.0 Å². The van der Waals surface area contributed by atoms with Gasteiger partial charge in [-0.25, -0.2) is 17.5 Å². The first-order valence-corrected chi connectivity index (χ1v) is 7.84. The number of piperidine rings is 1. The van der Waals surface area contributed by atoms with E-state index >= 15 is 0 Å². The molecule has 1 saturated heterocycles. The van der Waals surface area contributed by atoms with Gasteiger partial charge >= 0.3 is 6.61 Å². The average molecular weight is 324 g/mol. The van der Waals surface area contributed by atoms with Crippen LogP contribution in [0.1, 0.15) is 12.8 Å². The summed E-state index contributed by atoms with van der Waals surface area (Å²) < 4.78 is 68.2. The van der Waals surface area contributed by atoms with Crippen molar-refractivity contribution in [2.75, 3.05) is 13.1 Å². The van der Waals surface area contributed by atoms with Crippen LogP contribution in [0.15, 0.2) is 23.1 Å². The predicted molar refractivity (Wildman–Crippen MR) is 69.2 cm³/mol. The van der Waals surface area contributed by atoms with Crippen LogP contribution < -0.4 is 14.8 Å². The molecule has 1 fully saturated rings. The zero-order chi connectivity index (χ0) is 15.5. The summed E-state index contributed by atoms with van der Waals surface area (Å²) in [7, 11) is -3.89.